The van der Waals surface area contributed by atoms with Crippen LogP contribution in [0.4, 0.5) is 4.39 Å². The van der Waals surface area contributed by atoms with Crippen molar-refractivity contribution in [2.45, 2.75) is 13.0 Å². The van der Waals surface area contributed by atoms with Gasteiger partial charge >= 0.3 is 0 Å². The average molecular weight is 322 g/mol. The van der Waals surface area contributed by atoms with E-state index in [4.69, 9.17) is 0 Å². The molecule has 4 heteroatoms. The average Bonchev–Trinajstić information content (AvgIpc) is 2.41. The highest BCUT2D eigenvalue weighted by Crippen LogP contribution is 2.11. The third kappa shape index (κ3) is 4.48. The van der Waals surface area contributed by atoms with Crippen molar-refractivity contribution < 1.29 is 9.18 Å². The number of amides is 1. The number of carbonyl (C=O) groups excluding carboxylic acids is 1. The Morgan fingerprint density at radius 2 is 1.58 bits per heavy atom. The second-order valence-corrected chi connectivity index (χ2v) is 5.12. The Balaban J connectivity index is 1.84. The van der Waals surface area contributed by atoms with E-state index in [9.17, 15) is 9.18 Å². The monoisotopic (exact) mass is 321 g/mol. The lowest BCUT2D eigenvalue weighted by Crippen LogP contribution is -2.24. The maximum Gasteiger partial charge on any atom is 0.224 e. The molecule has 0 unspecified atom stereocenters. The standard InChI is InChI=1S/C15H13BrFNO/c16-13-5-1-11(2-6-13)9-15(19)18-10-12-3-7-14(17)8-4-12/h1-8H,9-10H2,(H,18,19). The molecule has 0 fully saturated rings. The van der Waals surface area contributed by atoms with E-state index in [1.165, 1.54) is 12.1 Å². The van der Waals surface area contributed by atoms with Gasteiger partial charge in [0.25, 0.3) is 0 Å². The predicted molar refractivity (Wildman–Crippen MR) is 76.1 cm³/mol. The van der Waals surface area contributed by atoms with Crippen molar-refractivity contribution in [2.24, 2.45) is 0 Å². The van der Waals surface area contributed by atoms with Gasteiger partial charge in [0.15, 0.2) is 0 Å². The summed E-state index contributed by atoms with van der Waals surface area (Å²) in [6, 6.07) is 13.7. The van der Waals surface area contributed by atoms with Crippen molar-refractivity contribution in [1.82, 2.24) is 5.32 Å². The number of nitrogens with one attached hydrogen (secondary N) is 1. The zero-order chi connectivity index (χ0) is 13.7. The molecule has 0 radical (unpaired) electrons. The van der Waals surface area contributed by atoms with E-state index in [1.807, 2.05) is 24.3 Å². The quantitative estimate of drug-likeness (QED) is 0.918. The Labute approximate surface area is 119 Å². The molecule has 2 nitrogen and oxygen atoms in total. The van der Waals surface area contributed by atoms with Crippen LogP contribution in [-0.4, -0.2) is 5.91 Å². The molecule has 2 aromatic rings. The van der Waals surface area contributed by atoms with Crippen LogP contribution in [0.1, 0.15) is 11.1 Å². The number of carbonyl (C=O) groups is 1. The van der Waals surface area contributed by atoms with Crippen molar-refractivity contribution in [3.8, 4) is 0 Å². The lowest BCUT2D eigenvalue weighted by molar-refractivity contribution is -0.120. The van der Waals surface area contributed by atoms with Gasteiger partial charge in [-0.1, -0.05) is 40.2 Å². The molecule has 0 atom stereocenters. The molecule has 0 aliphatic rings. The van der Waals surface area contributed by atoms with Crippen LogP contribution in [0.5, 0.6) is 0 Å². The molecule has 0 spiro atoms. The molecule has 98 valence electrons. The summed E-state index contributed by atoms with van der Waals surface area (Å²) in [5.74, 6) is -0.323. The van der Waals surface area contributed by atoms with E-state index < -0.39 is 0 Å². The third-order valence-electron chi connectivity index (χ3n) is 2.68. The molecule has 1 N–H and O–H groups in total. The Morgan fingerprint density at radius 1 is 1.00 bits per heavy atom. The molecule has 0 aliphatic heterocycles. The SMILES string of the molecule is O=C(Cc1ccc(Br)cc1)NCc1ccc(F)cc1. The highest BCUT2D eigenvalue weighted by molar-refractivity contribution is 9.10. The summed E-state index contributed by atoms with van der Waals surface area (Å²) in [6.07, 6.45) is 0.342. The normalized spacial score (nSPS) is 10.2. The Hall–Kier alpha value is -1.68. The molecule has 0 aliphatic carbocycles. The number of halogens is 2. The summed E-state index contributed by atoms with van der Waals surface area (Å²) in [5, 5.41) is 2.81. The molecule has 0 aromatic heterocycles. The Morgan fingerprint density at radius 3 is 2.21 bits per heavy atom. The number of hydrogen-bond acceptors (Lipinski definition) is 1. The van der Waals surface area contributed by atoms with Gasteiger partial charge in [0.1, 0.15) is 5.82 Å². The maximum absolute atomic E-state index is 12.7. The van der Waals surface area contributed by atoms with E-state index in [0.717, 1.165) is 15.6 Å². The van der Waals surface area contributed by atoms with E-state index in [-0.39, 0.29) is 11.7 Å². The van der Waals surface area contributed by atoms with E-state index in [0.29, 0.717) is 13.0 Å². The minimum Gasteiger partial charge on any atom is -0.352 e. The first-order chi connectivity index (χ1) is 9.13. The van der Waals surface area contributed by atoms with E-state index >= 15 is 0 Å². The summed E-state index contributed by atoms with van der Waals surface area (Å²) in [5.41, 5.74) is 1.84. The van der Waals surface area contributed by atoms with Crippen molar-refractivity contribution in [3.05, 3.63) is 69.9 Å². The van der Waals surface area contributed by atoms with Crippen LogP contribution in [0.3, 0.4) is 0 Å². The summed E-state index contributed by atoms with van der Waals surface area (Å²) in [7, 11) is 0. The molecular weight excluding hydrogens is 309 g/mol. The lowest BCUT2D eigenvalue weighted by Gasteiger charge is -2.05. The molecule has 0 saturated heterocycles. The van der Waals surface area contributed by atoms with E-state index in [1.54, 1.807) is 12.1 Å². The van der Waals surface area contributed by atoms with Gasteiger partial charge < -0.3 is 5.32 Å². The van der Waals surface area contributed by atoms with Crippen LogP contribution in [0, 0.1) is 5.82 Å². The number of rotatable bonds is 4. The van der Waals surface area contributed by atoms with Gasteiger partial charge in [-0.2, -0.15) is 0 Å². The maximum atomic E-state index is 12.7. The Kier molecular flexibility index (Phi) is 4.68. The smallest absolute Gasteiger partial charge is 0.224 e. The first-order valence-corrected chi connectivity index (χ1v) is 6.68. The van der Waals surface area contributed by atoms with Gasteiger partial charge in [0.05, 0.1) is 6.42 Å². The van der Waals surface area contributed by atoms with Gasteiger partial charge in [-0.15, -0.1) is 0 Å². The van der Waals surface area contributed by atoms with E-state index in [2.05, 4.69) is 21.2 Å². The summed E-state index contributed by atoms with van der Waals surface area (Å²) >= 11 is 3.35. The van der Waals surface area contributed by atoms with Crippen LogP contribution in [0.15, 0.2) is 53.0 Å². The highest BCUT2D eigenvalue weighted by Gasteiger charge is 2.03. The Bertz CT molecular complexity index is 551. The molecule has 2 rings (SSSR count). The molecule has 1 amide bonds. The predicted octanol–water partition coefficient (Wildman–Crippen LogP) is 3.45. The fourth-order valence-electron chi connectivity index (χ4n) is 1.65. The molecule has 0 heterocycles. The first-order valence-electron chi connectivity index (χ1n) is 5.89. The zero-order valence-electron chi connectivity index (χ0n) is 10.2. The number of benzene rings is 2. The second-order valence-electron chi connectivity index (χ2n) is 4.21. The highest BCUT2D eigenvalue weighted by atomic mass is 79.9. The van der Waals surface area contributed by atoms with Crippen LogP contribution >= 0.6 is 15.9 Å². The minimum absolute atomic E-state index is 0.0494. The van der Waals surface area contributed by atoms with Crippen LogP contribution in [0.25, 0.3) is 0 Å². The second kappa shape index (κ2) is 6.48. The number of hydrogen-bond donors (Lipinski definition) is 1. The van der Waals surface area contributed by atoms with Crippen LogP contribution in [-0.2, 0) is 17.8 Å². The van der Waals surface area contributed by atoms with Crippen molar-refractivity contribution in [2.75, 3.05) is 0 Å². The van der Waals surface area contributed by atoms with Gasteiger partial charge in [-0.05, 0) is 35.4 Å². The molecule has 0 saturated carbocycles. The van der Waals surface area contributed by atoms with Crippen LogP contribution < -0.4 is 5.32 Å². The van der Waals surface area contributed by atoms with Crippen molar-refractivity contribution in [3.63, 3.8) is 0 Å². The molecule has 0 bridgehead atoms. The molecule has 19 heavy (non-hydrogen) atoms. The third-order valence-corrected chi connectivity index (χ3v) is 3.21. The van der Waals surface area contributed by atoms with Gasteiger partial charge in [-0.3, -0.25) is 4.79 Å². The zero-order valence-corrected chi connectivity index (χ0v) is 11.8. The van der Waals surface area contributed by atoms with Gasteiger partial charge in [-0.25, -0.2) is 4.39 Å². The summed E-state index contributed by atoms with van der Waals surface area (Å²) in [4.78, 5) is 11.7. The van der Waals surface area contributed by atoms with Crippen molar-refractivity contribution >= 4 is 21.8 Å². The largest absolute Gasteiger partial charge is 0.352 e. The van der Waals surface area contributed by atoms with Gasteiger partial charge in [0, 0.05) is 11.0 Å². The lowest BCUT2D eigenvalue weighted by atomic mass is 10.1. The summed E-state index contributed by atoms with van der Waals surface area (Å²) in [6.45, 7) is 0.412. The topological polar surface area (TPSA) is 29.1 Å². The first kappa shape index (κ1) is 13.7. The fourth-order valence-corrected chi connectivity index (χ4v) is 1.92. The molecular formula is C15H13BrFNO. The van der Waals surface area contributed by atoms with Crippen LogP contribution in [0.2, 0.25) is 0 Å². The van der Waals surface area contributed by atoms with Gasteiger partial charge in [0.2, 0.25) is 5.91 Å². The fraction of sp³-hybridized carbons (Fsp3) is 0.133. The minimum atomic E-state index is -0.273. The molecule has 2 aromatic carbocycles. The van der Waals surface area contributed by atoms with Crippen molar-refractivity contribution in [1.29, 1.82) is 0 Å². The summed E-state index contributed by atoms with van der Waals surface area (Å²) < 4.78 is 13.7.